The highest BCUT2D eigenvalue weighted by atomic mass is 79.9. The summed E-state index contributed by atoms with van der Waals surface area (Å²) in [6, 6.07) is 12.7. The molecule has 20 heavy (non-hydrogen) atoms. The summed E-state index contributed by atoms with van der Waals surface area (Å²) in [5.74, 6) is -0.111. The fraction of sp³-hybridized carbons (Fsp3) is 0.0667. The first-order valence-corrected chi connectivity index (χ1v) is 6.81. The number of rotatable bonds is 2. The molecular weight excluding hydrogens is 320 g/mol. The van der Waals surface area contributed by atoms with Crippen molar-refractivity contribution < 1.29 is 9.90 Å². The standard InChI is InChI=1S/C15H11BrN2O2/c1-18-13-7-6-11(16)8-12(13)17-14(18)9-2-4-10(5-3-9)15(19)20/h2-8H,1H3,(H,19,20). The van der Waals surface area contributed by atoms with E-state index in [-0.39, 0.29) is 5.56 Å². The summed E-state index contributed by atoms with van der Waals surface area (Å²) in [6.07, 6.45) is 0. The number of carbonyl (C=O) groups is 1. The van der Waals surface area contributed by atoms with E-state index in [0.717, 1.165) is 26.9 Å². The van der Waals surface area contributed by atoms with Gasteiger partial charge in [-0.05, 0) is 30.3 Å². The Bertz CT molecular complexity index is 807. The molecule has 0 aliphatic heterocycles. The second-order valence-corrected chi connectivity index (χ2v) is 5.43. The van der Waals surface area contributed by atoms with Crippen LogP contribution in [0.2, 0.25) is 0 Å². The van der Waals surface area contributed by atoms with Crippen molar-refractivity contribution in [3.05, 3.63) is 52.5 Å². The molecule has 0 atom stereocenters. The normalized spacial score (nSPS) is 10.9. The molecule has 3 aromatic rings. The summed E-state index contributed by atoms with van der Waals surface area (Å²) in [6.45, 7) is 0. The van der Waals surface area contributed by atoms with Crippen LogP contribution in [0.25, 0.3) is 22.4 Å². The molecule has 0 spiro atoms. The van der Waals surface area contributed by atoms with Crippen LogP contribution in [0.4, 0.5) is 0 Å². The molecule has 0 bridgehead atoms. The van der Waals surface area contributed by atoms with Crippen molar-refractivity contribution in [3.63, 3.8) is 0 Å². The van der Waals surface area contributed by atoms with E-state index in [4.69, 9.17) is 5.11 Å². The van der Waals surface area contributed by atoms with Gasteiger partial charge in [0.15, 0.2) is 0 Å². The molecule has 1 heterocycles. The molecule has 0 radical (unpaired) electrons. The summed E-state index contributed by atoms with van der Waals surface area (Å²) >= 11 is 3.43. The van der Waals surface area contributed by atoms with Gasteiger partial charge in [-0.15, -0.1) is 0 Å². The number of fused-ring (bicyclic) bond motifs is 1. The minimum atomic E-state index is -0.925. The molecule has 4 nitrogen and oxygen atoms in total. The van der Waals surface area contributed by atoms with Gasteiger partial charge < -0.3 is 9.67 Å². The quantitative estimate of drug-likeness (QED) is 0.779. The van der Waals surface area contributed by atoms with Crippen LogP contribution in [0.3, 0.4) is 0 Å². The van der Waals surface area contributed by atoms with E-state index in [2.05, 4.69) is 20.9 Å². The fourth-order valence-electron chi connectivity index (χ4n) is 2.19. The molecule has 0 aliphatic carbocycles. The Morgan fingerprint density at radius 2 is 1.90 bits per heavy atom. The number of nitrogens with zero attached hydrogens (tertiary/aromatic N) is 2. The Labute approximate surface area is 123 Å². The molecule has 0 saturated heterocycles. The summed E-state index contributed by atoms with van der Waals surface area (Å²) in [7, 11) is 1.95. The van der Waals surface area contributed by atoms with Crippen molar-refractivity contribution in [2.24, 2.45) is 7.05 Å². The first-order valence-electron chi connectivity index (χ1n) is 6.02. The molecule has 0 amide bonds. The number of aromatic carboxylic acids is 1. The predicted molar refractivity (Wildman–Crippen MR) is 80.8 cm³/mol. The molecule has 0 fully saturated rings. The van der Waals surface area contributed by atoms with Gasteiger partial charge in [0.05, 0.1) is 16.6 Å². The summed E-state index contributed by atoms with van der Waals surface area (Å²) in [5.41, 5.74) is 3.10. The lowest BCUT2D eigenvalue weighted by atomic mass is 10.1. The van der Waals surface area contributed by atoms with Crippen LogP contribution in [-0.4, -0.2) is 20.6 Å². The lowest BCUT2D eigenvalue weighted by Gasteiger charge is -2.03. The summed E-state index contributed by atoms with van der Waals surface area (Å²) in [4.78, 5) is 15.5. The summed E-state index contributed by atoms with van der Waals surface area (Å²) in [5, 5.41) is 8.92. The predicted octanol–water partition coefficient (Wildman–Crippen LogP) is 3.70. The second kappa shape index (κ2) is 4.76. The van der Waals surface area contributed by atoms with E-state index in [1.807, 2.05) is 29.8 Å². The number of hydrogen-bond acceptors (Lipinski definition) is 2. The molecule has 0 unspecified atom stereocenters. The molecule has 1 N–H and O–H groups in total. The van der Waals surface area contributed by atoms with Crippen molar-refractivity contribution in [1.29, 1.82) is 0 Å². The maximum atomic E-state index is 10.9. The van der Waals surface area contributed by atoms with Gasteiger partial charge in [-0.1, -0.05) is 28.1 Å². The third-order valence-electron chi connectivity index (χ3n) is 3.23. The monoisotopic (exact) mass is 330 g/mol. The average Bonchev–Trinajstić information content (AvgIpc) is 2.75. The molecule has 0 aliphatic rings. The maximum Gasteiger partial charge on any atom is 0.335 e. The minimum Gasteiger partial charge on any atom is -0.478 e. The van der Waals surface area contributed by atoms with Crippen LogP contribution in [-0.2, 0) is 7.05 Å². The van der Waals surface area contributed by atoms with E-state index in [9.17, 15) is 4.79 Å². The third kappa shape index (κ3) is 2.10. The summed E-state index contributed by atoms with van der Waals surface area (Å²) < 4.78 is 2.98. The SMILES string of the molecule is Cn1c(-c2ccc(C(=O)O)cc2)nc2cc(Br)ccc21. The molecule has 5 heteroatoms. The number of imidazole rings is 1. The van der Waals surface area contributed by atoms with Crippen molar-refractivity contribution in [2.45, 2.75) is 0 Å². The maximum absolute atomic E-state index is 10.9. The number of benzene rings is 2. The van der Waals surface area contributed by atoms with E-state index in [0.29, 0.717) is 0 Å². The molecule has 100 valence electrons. The Kier molecular flexibility index (Phi) is 3.06. The fourth-order valence-corrected chi connectivity index (χ4v) is 2.54. The lowest BCUT2D eigenvalue weighted by Crippen LogP contribution is -1.96. The minimum absolute atomic E-state index is 0.273. The van der Waals surface area contributed by atoms with Crippen LogP contribution in [0, 0.1) is 0 Å². The van der Waals surface area contributed by atoms with E-state index < -0.39 is 5.97 Å². The first-order chi connectivity index (χ1) is 9.56. The topological polar surface area (TPSA) is 55.1 Å². The van der Waals surface area contributed by atoms with Gasteiger partial charge in [-0.3, -0.25) is 0 Å². The van der Waals surface area contributed by atoms with Crippen LogP contribution in [0.1, 0.15) is 10.4 Å². The van der Waals surface area contributed by atoms with Gasteiger partial charge in [-0.25, -0.2) is 9.78 Å². The van der Waals surface area contributed by atoms with E-state index in [1.54, 1.807) is 24.3 Å². The number of aryl methyl sites for hydroxylation is 1. The zero-order valence-electron chi connectivity index (χ0n) is 10.7. The van der Waals surface area contributed by atoms with Crippen molar-refractivity contribution in [1.82, 2.24) is 9.55 Å². The Morgan fingerprint density at radius 1 is 1.20 bits per heavy atom. The molecule has 1 aromatic heterocycles. The lowest BCUT2D eigenvalue weighted by molar-refractivity contribution is 0.0697. The van der Waals surface area contributed by atoms with Crippen molar-refractivity contribution >= 4 is 32.9 Å². The van der Waals surface area contributed by atoms with Crippen LogP contribution in [0.5, 0.6) is 0 Å². The highest BCUT2D eigenvalue weighted by Gasteiger charge is 2.11. The Balaban J connectivity index is 2.14. The van der Waals surface area contributed by atoms with Crippen molar-refractivity contribution in [2.75, 3.05) is 0 Å². The van der Waals surface area contributed by atoms with Gasteiger partial charge in [0, 0.05) is 17.1 Å². The number of halogens is 1. The molecule has 2 aromatic carbocycles. The van der Waals surface area contributed by atoms with Gasteiger partial charge in [-0.2, -0.15) is 0 Å². The van der Waals surface area contributed by atoms with Crippen LogP contribution < -0.4 is 0 Å². The first kappa shape index (κ1) is 12.9. The van der Waals surface area contributed by atoms with Gasteiger partial charge >= 0.3 is 5.97 Å². The van der Waals surface area contributed by atoms with Gasteiger partial charge in [0.25, 0.3) is 0 Å². The largest absolute Gasteiger partial charge is 0.478 e. The number of aromatic nitrogens is 2. The molecular formula is C15H11BrN2O2. The smallest absolute Gasteiger partial charge is 0.335 e. The van der Waals surface area contributed by atoms with E-state index >= 15 is 0 Å². The third-order valence-corrected chi connectivity index (χ3v) is 3.73. The highest BCUT2D eigenvalue weighted by molar-refractivity contribution is 9.10. The molecule has 0 saturated carbocycles. The molecule has 3 rings (SSSR count). The zero-order chi connectivity index (χ0) is 14.3. The number of hydrogen-bond donors (Lipinski definition) is 1. The number of carboxylic acids is 1. The zero-order valence-corrected chi connectivity index (χ0v) is 12.3. The van der Waals surface area contributed by atoms with Gasteiger partial charge in [0.1, 0.15) is 5.82 Å². The highest BCUT2D eigenvalue weighted by Crippen LogP contribution is 2.26. The van der Waals surface area contributed by atoms with Crippen molar-refractivity contribution in [3.8, 4) is 11.4 Å². The van der Waals surface area contributed by atoms with Gasteiger partial charge in [0.2, 0.25) is 0 Å². The Hall–Kier alpha value is -2.14. The second-order valence-electron chi connectivity index (χ2n) is 4.51. The van der Waals surface area contributed by atoms with E-state index in [1.165, 1.54) is 0 Å². The number of carboxylic acid groups (broad SMARTS) is 1. The van der Waals surface area contributed by atoms with Crippen LogP contribution in [0.15, 0.2) is 46.9 Å². The Morgan fingerprint density at radius 3 is 2.55 bits per heavy atom. The average molecular weight is 331 g/mol. The van der Waals surface area contributed by atoms with Crippen LogP contribution >= 0.6 is 15.9 Å².